The summed E-state index contributed by atoms with van der Waals surface area (Å²) in [6, 6.07) is 17.0. The van der Waals surface area contributed by atoms with Gasteiger partial charge in [-0.1, -0.05) is 66.9 Å². The number of rotatable bonds is 13. The second kappa shape index (κ2) is 14.6. The fraction of sp³-hybridized carbons (Fsp3) is 0.333. The van der Waals surface area contributed by atoms with Gasteiger partial charge >= 0.3 is 0 Å². The van der Waals surface area contributed by atoms with Crippen molar-refractivity contribution in [3.63, 3.8) is 0 Å². The highest BCUT2D eigenvalue weighted by Crippen LogP contribution is 2.31. The highest BCUT2D eigenvalue weighted by molar-refractivity contribution is 7.92. The Labute approximate surface area is 252 Å². The van der Waals surface area contributed by atoms with Gasteiger partial charge in [-0.3, -0.25) is 13.9 Å². The van der Waals surface area contributed by atoms with Gasteiger partial charge in [0.05, 0.1) is 27.7 Å². The van der Waals surface area contributed by atoms with Gasteiger partial charge in [-0.15, -0.1) is 0 Å². The van der Waals surface area contributed by atoms with Crippen LogP contribution in [0.3, 0.4) is 0 Å². The molecule has 41 heavy (non-hydrogen) atoms. The van der Waals surface area contributed by atoms with Crippen molar-refractivity contribution < 1.29 is 22.7 Å². The Hall–Kier alpha value is -3.27. The van der Waals surface area contributed by atoms with Gasteiger partial charge in [0.1, 0.15) is 18.3 Å². The predicted molar refractivity (Wildman–Crippen MR) is 163 cm³/mol. The predicted octanol–water partition coefficient (Wildman–Crippen LogP) is 5.84. The number of hydrogen-bond acceptors (Lipinski definition) is 5. The van der Waals surface area contributed by atoms with E-state index in [1.807, 2.05) is 20.8 Å². The van der Waals surface area contributed by atoms with Crippen LogP contribution in [0.15, 0.2) is 71.6 Å². The maximum atomic E-state index is 14.1. The van der Waals surface area contributed by atoms with Gasteiger partial charge in [0.15, 0.2) is 0 Å². The number of ether oxygens (including phenoxy) is 1. The molecule has 0 fully saturated rings. The molecule has 3 aromatic rings. The lowest BCUT2D eigenvalue weighted by atomic mass is 10.1. The highest BCUT2D eigenvalue weighted by Gasteiger charge is 2.33. The number of methoxy groups -OCH3 is 1. The lowest BCUT2D eigenvalue weighted by Gasteiger charge is -2.33. The Kier molecular flexibility index (Phi) is 11.5. The number of nitrogens with zero attached hydrogens (tertiary/aromatic N) is 2. The zero-order chi connectivity index (χ0) is 30.2. The van der Waals surface area contributed by atoms with E-state index in [1.165, 1.54) is 35.2 Å². The fourth-order valence-corrected chi connectivity index (χ4v) is 5.92. The summed E-state index contributed by atoms with van der Waals surface area (Å²) in [6.07, 6.45) is 1.06. The van der Waals surface area contributed by atoms with Crippen molar-refractivity contribution in [3.8, 4) is 5.75 Å². The average molecular weight is 621 g/mol. The summed E-state index contributed by atoms with van der Waals surface area (Å²) in [6.45, 7) is 5.57. The molecule has 0 spiro atoms. The zero-order valence-electron chi connectivity index (χ0n) is 23.6. The third kappa shape index (κ3) is 8.15. The van der Waals surface area contributed by atoms with Crippen LogP contribution in [0.2, 0.25) is 10.0 Å². The molecule has 8 nitrogen and oxygen atoms in total. The molecule has 0 aromatic heterocycles. The molecule has 0 unspecified atom stereocenters. The van der Waals surface area contributed by atoms with E-state index in [1.54, 1.807) is 43.5 Å². The minimum Gasteiger partial charge on any atom is -0.497 e. The average Bonchev–Trinajstić information content (AvgIpc) is 2.96. The molecule has 0 aliphatic heterocycles. The molecule has 1 atom stereocenters. The van der Waals surface area contributed by atoms with Crippen LogP contribution in [0.4, 0.5) is 5.69 Å². The van der Waals surface area contributed by atoms with E-state index in [-0.39, 0.29) is 33.1 Å². The van der Waals surface area contributed by atoms with Gasteiger partial charge < -0.3 is 15.0 Å². The quantitative estimate of drug-likeness (QED) is 0.259. The largest absolute Gasteiger partial charge is 0.497 e. The molecule has 0 heterocycles. The van der Waals surface area contributed by atoms with Crippen molar-refractivity contribution in [3.05, 3.63) is 87.9 Å². The summed E-state index contributed by atoms with van der Waals surface area (Å²) < 4.78 is 34.1. The lowest BCUT2D eigenvalue weighted by Crippen LogP contribution is -2.52. The summed E-state index contributed by atoms with van der Waals surface area (Å²) in [5, 5.41) is 3.25. The van der Waals surface area contributed by atoms with E-state index in [9.17, 15) is 18.0 Å². The van der Waals surface area contributed by atoms with Crippen molar-refractivity contribution in [2.45, 2.75) is 51.1 Å². The molecule has 0 radical (unpaired) electrons. The number of halogens is 2. The number of nitrogens with one attached hydrogen (secondary N) is 1. The first kappa shape index (κ1) is 32.2. The summed E-state index contributed by atoms with van der Waals surface area (Å²) >= 11 is 12.4. The number of carbonyl (C=O) groups excluding carboxylic acids is 2. The van der Waals surface area contributed by atoms with Crippen LogP contribution in [0, 0.1) is 6.92 Å². The first-order chi connectivity index (χ1) is 19.5. The molecule has 3 aromatic carbocycles. The van der Waals surface area contributed by atoms with Crippen LogP contribution in [0.25, 0.3) is 0 Å². The molecule has 11 heteroatoms. The number of sulfonamides is 1. The van der Waals surface area contributed by atoms with Gasteiger partial charge in [-0.25, -0.2) is 8.42 Å². The Balaban J connectivity index is 2.07. The number of benzene rings is 3. The summed E-state index contributed by atoms with van der Waals surface area (Å²) in [5.41, 5.74) is 1.81. The van der Waals surface area contributed by atoms with Gasteiger partial charge in [-0.05, 0) is 67.8 Å². The molecule has 0 saturated carbocycles. The molecule has 0 saturated heterocycles. The first-order valence-electron chi connectivity index (χ1n) is 13.3. The fourth-order valence-electron chi connectivity index (χ4n) is 4.22. The first-order valence-corrected chi connectivity index (χ1v) is 15.5. The van der Waals surface area contributed by atoms with Gasteiger partial charge in [0.25, 0.3) is 10.0 Å². The third-order valence-corrected chi connectivity index (χ3v) is 9.05. The van der Waals surface area contributed by atoms with E-state index < -0.39 is 28.5 Å². The number of aryl methyl sites for hydroxylation is 1. The second-order valence-electron chi connectivity index (χ2n) is 9.51. The molecular weight excluding hydrogens is 585 g/mol. The second-order valence-corrected chi connectivity index (χ2v) is 12.2. The Morgan fingerprint density at radius 2 is 1.61 bits per heavy atom. The molecule has 220 valence electrons. The number of carbonyl (C=O) groups is 2. The van der Waals surface area contributed by atoms with Gasteiger partial charge in [-0.2, -0.15) is 0 Å². The van der Waals surface area contributed by atoms with Crippen LogP contribution in [0.1, 0.15) is 37.8 Å². The third-order valence-electron chi connectivity index (χ3n) is 6.53. The van der Waals surface area contributed by atoms with Gasteiger partial charge in [0.2, 0.25) is 11.8 Å². The molecular formula is C30H35Cl2N3O5S. The standard InChI is InChI=1S/C30H35Cl2N3O5S/c1-5-17-33-30(37)28(6-2)34(19-22-9-12-24(40-4)13-10-22)29(36)20-35(23-11-16-26(31)27(32)18-23)41(38,39)25-14-7-21(3)8-15-25/h7-16,18,28H,5-6,17,19-20H2,1-4H3,(H,33,37)/t28-/m0/s1. The Bertz CT molecular complexity index is 1450. The molecule has 0 bridgehead atoms. The van der Waals surface area contributed by atoms with E-state index >= 15 is 0 Å². The zero-order valence-corrected chi connectivity index (χ0v) is 25.9. The van der Waals surface area contributed by atoms with Crippen LogP contribution in [0.5, 0.6) is 5.75 Å². The Morgan fingerprint density at radius 1 is 0.951 bits per heavy atom. The SMILES string of the molecule is CCCNC(=O)[C@H](CC)N(Cc1ccc(OC)cc1)C(=O)CN(c1ccc(Cl)c(Cl)c1)S(=O)(=O)c1ccc(C)cc1. The van der Waals surface area contributed by atoms with E-state index in [2.05, 4.69) is 5.32 Å². The molecule has 2 amide bonds. The van der Waals surface area contributed by atoms with Crippen molar-refractivity contribution in [2.24, 2.45) is 0 Å². The molecule has 3 rings (SSSR count). The molecule has 0 aliphatic rings. The molecule has 1 N–H and O–H groups in total. The van der Waals surface area contributed by atoms with Crippen LogP contribution >= 0.6 is 23.2 Å². The minimum absolute atomic E-state index is 0.0106. The summed E-state index contributed by atoms with van der Waals surface area (Å²) in [5.74, 6) is -0.214. The normalized spacial score (nSPS) is 12.0. The maximum Gasteiger partial charge on any atom is 0.264 e. The number of anilines is 1. The molecule has 0 aliphatic carbocycles. The van der Waals surface area contributed by atoms with Crippen molar-refractivity contribution in [1.29, 1.82) is 0 Å². The van der Waals surface area contributed by atoms with E-state index in [0.29, 0.717) is 18.7 Å². The van der Waals surface area contributed by atoms with Crippen molar-refractivity contribution >= 4 is 50.7 Å². The minimum atomic E-state index is -4.21. The number of hydrogen-bond donors (Lipinski definition) is 1. The van der Waals surface area contributed by atoms with Crippen LogP contribution < -0.4 is 14.4 Å². The number of amides is 2. The lowest BCUT2D eigenvalue weighted by molar-refractivity contribution is -0.140. The smallest absolute Gasteiger partial charge is 0.264 e. The van der Waals surface area contributed by atoms with Crippen LogP contribution in [-0.2, 0) is 26.2 Å². The van der Waals surface area contributed by atoms with E-state index in [4.69, 9.17) is 27.9 Å². The maximum absolute atomic E-state index is 14.1. The van der Waals surface area contributed by atoms with Crippen LogP contribution in [-0.4, -0.2) is 51.4 Å². The van der Waals surface area contributed by atoms with Crippen molar-refractivity contribution in [2.75, 3.05) is 24.5 Å². The van der Waals surface area contributed by atoms with E-state index in [0.717, 1.165) is 21.9 Å². The monoisotopic (exact) mass is 619 g/mol. The Morgan fingerprint density at radius 3 is 2.17 bits per heavy atom. The van der Waals surface area contributed by atoms with Crippen molar-refractivity contribution in [1.82, 2.24) is 10.2 Å². The summed E-state index contributed by atoms with van der Waals surface area (Å²) in [4.78, 5) is 28.7. The topological polar surface area (TPSA) is 96.0 Å². The highest BCUT2D eigenvalue weighted by atomic mass is 35.5. The summed E-state index contributed by atoms with van der Waals surface area (Å²) in [7, 11) is -2.65. The van der Waals surface area contributed by atoms with Gasteiger partial charge in [0, 0.05) is 13.1 Å².